The van der Waals surface area contributed by atoms with Gasteiger partial charge in [0.25, 0.3) is 0 Å². The van der Waals surface area contributed by atoms with Gasteiger partial charge < -0.3 is 9.84 Å². The number of halogens is 1. The number of carboxylic acids is 1. The topological polar surface area (TPSA) is 46.5 Å². The van der Waals surface area contributed by atoms with Crippen molar-refractivity contribution in [2.24, 2.45) is 5.92 Å². The summed E-state index contributed by atoms with van der Waals surface area (Å²) < 4.78 is 6.26. The average molecular weight is 273 g/mol. The van der Waals surface area contributed by atoms with Crippen LogP contribution in [0.3, 0.4) is 0 Å². The summed E-state index contributed by atoms with van der Waals surface area (Å²) in [5, 5.41) is 8.83. The summed E-state index contributed by atoms with van der Waals surface area (Å²) in [6, 6.07) is 7.39. The molecule has 0 amide bonds. The Morgan fingerprint density at radius 2 is 2.20 bits per heavy atom. The third kappa shape index (κ3) is 3.55. The normalized spacial score (nSPS) is 12.1. The number of para-hydroxylation sites is 1. The molecule has 1 N–H and O–H groups in total. The molecule has 0 heterocycles. The molecule has 1 atom stereocenters. The summed E-state index contributed by atoms with van der Waals surface area (Å²) in [4.78, 5) is 10.7. The second kappa shape index (κ2) is 5.75. The predicted octanol–water partition coefficient (Wildman–Crippen LogP) is 2.94. The first-order chi connectivity index (χ1) is 7.15. The van der Waals surface area contributed by atoms with Crippen LogP contribution in [0.4, 0.5) is 0 Å². The van der Waals surface area contributed by atoms with Crippen molar-refractivity contribution in [1.29, 1.82) is 0 Å². The van der Waals surface area contributed by atoms with E-state index in [-0.39, 0.29) is 6.61 Å². The van der Waals surface area contributed by atoms with E-state index in [1.54, 1.807) is 6.07 Å². The second-order valence-corrected chi connectivity index (χ2v) is 4.04. The molecule has 0 aliphatic heterocycles. The number of carboxylic acid groups (broad SMARTS) is 1. The lowest BCUT2D eigenvalue weighted by Crippen LogP contribution is -2.20. The molecule has 1 rings (SSSR count). The lowest BCUT2D eigenvalue weighted by molar-refractivity contribution is -0.142. The monoisotopic (exact) mass is 272 g/mol. The number of hydrogen-bond donors (Lipinski definition) is 1. The van der Waals surface area contributed by atoms with Crippen molar-refractivity contribution in [3.63, 3.8) is 0 Å². The summed E-state index contributed by atoms with van der Waals surface area (Å²) in [5.41, 5.74) is 0. The van der Waals surface area contributed by atoms with Crippen LogP contribution >= 0.6 is 15.9 Å². The van der Waals surface area contributed by atoms with Crippen molar-refractivity contribution >= 4 is 21.9 Å². The van der Waals surface area contributed by atoms with Crippen LogP contribution in [-0.2, 0) is 4.79 Å². The standard InChI is InChI=1S/C11H13BrO3/c1-2-8(11(13)14)7-15-10-6-4-3-5-9(10)12/h3-6,8H,2,7H2,1H3,(H,13,14). The van der Waals surface area contributed by atoms with Gasteiger partial charge in [-0.15, -0.1) is 0 Å². The van der Waals surface area contributed by atoms with Crippen molar-refractivity contribution in [1.82, 2.24) is 0 Å². The van der Waals surface area contributed by atoms with Gasteiger partial charge in [-0.2, -0.15) is 0 Å². The molecule has 0 bridgehead atoms. The first-order valence-corrected chi connectivity index (χ1v) is 5.54. The predicted molar refractivity (Wildman–Crippen MR) is 61.1 cm³/mol. The van der Waals surface area contributed by atoms with Crippen molar-refractivity contribution in [3.05, 3.63) is 28.7 Å². The highest BCUT2D eigenvalue weighted by molar-refractivity contribution is 9.10. The second-order valence-electron chi connectivity index (χ2n) is 3.18. The maximum Gasteiger partial charge on any atom is 0.309 e. The van der Waals surface area contributed by atoms with Crippen molar-refractivity contribution in [2.45, 2.75) is 13.3 Å². The molecule has 4 heteroatoms. The SMILES string of the molecule is CCC(COc1ccccc1Br)C(=O)O. The van der Waals surface area contributed by atoms with Crippen LogP contribution in [0.15, 0.2) is 28.7 Å². The molecule has 82 valence electrons. The van der Waals surface area contributed by atoms with E-state index in [9.17, 15) is 4.79 Å². The Balaban J connectivity index is 2.56. The lowest BCUT2D eigenvalue weighted by Gasteiger charge is -2.12. The van der Waals surface area contributed by atoms with Crippen LogP contribution in [-0.4, -0.2) is 17.7 Å². The van der Waals surface area contributed by atoms with Gasteiger partial charge in [-0.1, -0.05) is 19.1 Å². The minimum absolute atomic E-state index is 0.203. The van der Waals surface area contributed by atoms with Crippen LogP contribution in [0.25, 0.3) is 0 Å². The van der Waals surface area contributed by atoms with E-state index < -0.39 is 11.9 Å². The van der Waals surface area contributed by atoms with Crippen molar-refractivity contribution < 1.29 is 14.6 Å². The first-order valence-electron chi connectivity index (χ1n) is 4.75. The highest BCUT2D eigenvalue weighted by Gasteiger charge is 2.16. The molecule has 0 spiro atoms. The summed E-state index contributed by atoms with van der Waals surface area (Å²) in [5.74, 6) is -0.584. The first kappa shape index (κ1) is 12.0. The molecule has 0 saturated carbocycles. The summed E-state index contributed by atoms with van der Waals surface area (Å²) >= 11 is 3.33. The Morgan fingerprint density at radius 1 is 1.53 bits per heavy atom. The van der Waals surface area contributed by atoms with Gasteiger partial charge in [0, 0.05) is 0 Å². The third-order valence-electron chi connectivity index (χ3n) is 2.12. The fourth-order valence-corrected chi connectivity index (χ4v) is 1.52. The summed E-state index contributed by atoms with van der Waals surface area (Å²) in [7, 11) is 0. The van der Waals surface area contributed by atoms with Gasteiger partial charge in [-0.3, -0.25) is 4.79 Å². The van der Waals surface area contributed by atoms with Gasteiger partial charge >= 0.3 is 5.97 Å². The molecule has 0 aliphatic carbocycles. The molecule has 0 aliphatic rings. The number of rotatable bonds is 5. The maximum absolute atomic E-state index is 10.7. The number of hydrogen-bond acceptors (Lipinski definition) is 2. The van der Waals surface area contributed by atoms with E-state index in [2.05, 4.69) is 15.9 Å². The molecule has 0 fully saturated rings. The largest absolute Gasteiger partial charge is 0.492 e. The molecule has 0 radical (unpaired) electrons. The van der Waals surface area contributed by atoms with Crippen LogP contribution in [0.1, 0.15) is 13.3 Å². The van der Waals surface area contributed by atoms with Gasteiger partial charge in [0.05, 0.1) is 10.4 Å². The number of carbonyl (C=O) groups is 1. The van der Waals surface area contributed by atoms with E-state index in [1.165, 1.54) is 0 Å². The van der Waals surface area contributed by atoms with Crippen LogP contribution in [0, 0.1) is 5.92 Å². The van der Waals surface area contributed by atoms with Gasteiger partial charge in [0.2, 0.25) is 0 Å². The van der Waals surface area contributed by atoms with E-state index in [4.69, 9.17) is 9.84 Å². The molecule has 1 unspecified atom stereocenters. The zero-order valence-electron chi connectivity index (χ0n) is 8.44. The fourth-order valence-electron chi connectivity index (χ4n) is 1.12. The lowest BCUT2D eigenvalue weighted by atomic mass is 10.1. The van der Waals surface area contributed by atoms with Crippen LogP contribution in [0.2, 0.25) is 0 Å². The van der Waals surface area contributed by atoms with Gasteiger partial charge in [0.1, 0.15) is 12.4 Å². The molecule has 1 aromatic carbocycles. The maximum atomic E-state index is 10.7. The van der Waals surface area contributed by atoms with Gasteiger partial charge in [0.15, 0.2) is 0 Å². The molecular weight excluding hydrogens is 260 g/mol. The summed E-state index contributed by atoms with van der Waals surface area (Å²) in [6.45, 7) is 2.04. The number of aliphatic carboxylic acids is 1. The molecule has 3 nitrogen and oxygen atoms in total. The average Bonchev–Trinajstić information content (AvgIpc) is 2.21. The minimum Gasteiger partial charge on any atom is -0.492 e. The Morgan fingerprint density at radius 3 is 2.73 bits per heavy atom. The van der Waals surface area contributed by atoms with Crippen LogP contribution < -0.4 is 4.74 Å². The molecule has 1 aromatic rings. The molecule has 15 heavy (non-hydrogen) atoms. The van der Waals surface area contributed by atoms with Crippen LogP contribution in [0.5, 0.6) is 5.75 Å². The van der Waals surface area contributed by atoms with E-state index in [0.717, 1.165) is 4.47 Å². The highest BCUT2D eigenvalue weighted by atomic mass is 79.9. The Bertz CT molecular complexity index is 338. The zero-order valence-corrected chi connectivity index (χ0v) is 10.0. The Hall–Kier alpha value is -1.03. The Labute approximate surface area is 97.2 Å². The minimum atomic E-state index is -0.815. The smallest absolute Gasteiger partial charge is 0.309 e. The zero-order chi connectivity index (χ0) is 11.3. The van der Waals surface area contributed by atoms with Gasteiger partial charge in [-0.05, 0) is 34.5 Å². The van der Waals surface area contributed by atoms with E-state index in [0.29, 0.717) is 12.2 Å². The van der Waals surface area contributed by atoms with E-state index >= 15 is 0 Å². The number of benzene rings is 1. The Kier molecular flexibility index (Phi) is 4.62. The molecular formula is C11H13BrO3. The van der Waals surface area contributed by atoms with E-state index in [1.807, 2.05) is 25.1 Å². The quantitative estimate of drug-likeness (QED) is 0.897. The van der Waals surface area contributed by atoms with Crippen molar-refractivity contribution in [2.75, 3.05) is 6.61 Å². The highest BCUT2D eigenvalue weighted by Crippen LogP contribution is 2.24. The van der Waals surface area contributed by atoms with Gasteiger partial charge in [-0.25, -0.2) is 0 Å². The molecule has 0 aromatic heterocycles. The number of ether oxygens (including phenoxy) is 1. The molecule has 0 saturated heterocycles. The van der Waals surface area contributed by atoms with Crippen molar-refractivity contribution in [3.8, 4) is 5.75 Å². The third-order valence-corrected chi connectivity index (χ3v) is 2.77. The summed E-state index contributed by atoms with van der Waals surface area (Å²) in [6.07, 6.45) is 0.569. The fraction of sp³-hybridized carbons (Fsp3) is 0.364.